The molecule has 0 atom stereocenters. The van der Waals surface area contributed by atoms with Crippen LogP contribution in [0.5, 0.6) is 0 Å². The Morgan fingerprint density at radius 2 is 2.07 bits per heavy atom. The standard InChI is InChI=1S/C21H17ClN2O2S2/c1-2-26-21(25)19-20-16(11-18(28-20)14-5-7-15(22)8-6-14)17(23-24-19)10-13-4-3-9-27-12-13/h3,5-9,11-12H,2,4,10H2,1H3. The van der Waals surface area contributed by atoms with Gasteiger partial charge in [-0.2, -0.15) is 5.10 Å². The van der Waals surface area contributed by atoms with Gasteiger partial charge in [-0.25, -0.2) is 4.79 Å². The SMILES string of the molecule is CCOC(=O)c1nnc(CC2=CSC=CC2)c2cc(-c3ccc(Cl)cc3)sc12. The normalized spacial score (nSPS) is 13.6. The summed E-state index contributed by atoms with van der Waals surface area (Å²) in [5, 5.41) is 14.5. The molecule has 7 heteroatoms. The van der Waals surface area contributed by atoms with Crippen molar-refractivity contribution in [2.45, 2.75) is 19.8 Å². The van der Waals surface area contributed by atoms with Gasteiger partial charge in [-0.1, -0.05) is 35.4 Å². The summed E-state index contributed by atoms with van der Waals surface area (Å²) < 4.78 is 5.99. The van der Waals surface area contributed by atoms with Gasteiger partial charge < -0.3 is 4.74 Å². The number of thiophene rings is 1. The number of benzene rings is 1. The highest BCUT2D eigenvalue weighted by atomic mass is 35.5. The first kappa shape index (κ1) is 19.2. The van der Waals surface area contributed by atoms with Crippen LogP contribution in [0.15, 0.2) is 52.8 Å². The molecule has 28 heavy (non-hydrogen) atoms. The number of hydrogen-bond acceptors (Lipinski definition) is 6. The van der Waals surface area contributed by atoms with Gasteiger partial charge in [0.25, 0.3) is 0 Å². The maximum atomic E-state index is 12.4. The van der Waals surface area contributed by atoms with Crippen molar-refractivity contribution in [1.82, 2.24) is 10.2 Å². The van der Waals surface area contributed by atoms with Crippen LogP contribution in [-0.2, 0) is 11.2 Å². The van der Waals surface area contributed by atoms with Gasteiger partial charge in [-0.05, 0) is 47.9 Å². The number of ether oxygens (including phenoxy) is 1. The van der Waals surface area contributed by atoms with Gasteiger partial charge in [0.05, 0.1) is 17.0 Å². The molecule has 0 N–H and O–H groups in total. The van der Waals surface area contributed by atoms with Crippen molar-refractivity contribution in [3.8, 4) is 10.4 Å². The van der Waals surface area contributed by atoms with Gasteiger partial charge in [0.15, 0.2) is 5.69 Å². The molecule has 142 valence electrons. The van der Waals surface area contributed by atoms with Crippen LogP contribution in [0.3, 0.4) is 0 Å². The summed E-state index contributed by atoms with van der Waals surface area (Å²) in [4.78, 5) is 13.4. The Labute approximate surface area is 176 Å². The summed E-state index contributed by atoms with van der Waals surface area (Å²) in [6.45, 7) is 2.08. The molecule has 0 aliphatic carbocycles. The van der Waals surface area contributed by atoms with Gasteiger partial charge in [0.1, 0.15) is 0 Å². The molecule has 0 fully saturated rings. The molecule has 3 heterocycles. The predicted octanol–water partition coefficient (Wildman–Crippen LogP) is 6.27. The van der Waals surface area contributed by atoms with Crippen LogP contribution in [0, 0.1) is 0 Å². The van der Waals surface area contributed by atoms with E-state index in [9.17, 15) is 4.79 Å². The first-order chi connectivity index (χ1) is 13.7. The average molecular weight is 429 g/mol. The molecule has 3 aromatic rings. The molecule has 0 bridgehead atoms. The number of esters is 1. The Hall–Kier alpha value is -2.15. The van der Waals surface area contributed by atoms with E-state index in [1.807, 2.05) is 24.3 Å². The molecule has 0 amide bonds. The summed E-state index contributed by atoms with van der Waals surface area (Å²) in [7, 11) is 0. The molecule has 0 saturated heterocycles. The molecule has 1 aromatic carbocycles. The molecule has 0 unspecified atom stereocenters. The zero-order chi connectivity index (χ0) is 19.5. The smallest absolute Gasteiger partial charge is 0.360 e. The van der Waals surface area contributed by atoms with Crippen molar-refractivity contribution in [1.29, 1.82) is 0 Å². The molecule has 2 aromatic heterocycles. The molecule has 4 rings (SSSR count). The number of carbonyl (C=O) groups is 1. The van der Waals surface area contributed by atoms with Gasteiger partial charge in [-0.15, -0.1) is 28.2 Å². The van der Waals surface area contributed by atoms with E-state index >= 15 is 0 Å². The molecule has 1 aliphatic heterocycles. The van der Waals surface area contributed by atoms with Crippen molar-refractivity contribution in [3.63, 3.8) is 0 Å². The highest BCUT2D eigenvalue weighted by Crippen LogP contribution is 2.37. The number of aromatic nitrogens is 2. The van der Waals surface area contributed by atoms with E-state index in [2.05, 4.69) is 33.2 Å². The summed E-state index contributed by atoms with van der Waals surface area (Å²) >= 11 is 9.22. The Balaban J connectivity index is 1.81. The van der Waals surface area contributed by atoms with Crippen molar-refractivity contribution >= 4 is 50.8 Å². The first-order valence-electron chi connectivity index (χ1n) is 8.86. The Bertz CT molecular complexity index is 1090. The fourth-order valence-electron chi connectivity index (χ4n) is 2.98. The van der Waals surface area contributed by atoms with Gasteiger partial charge in [0.2, 0.25) is 0 Å². The second-order valence-corrected chi connectivity index (χ2v) is 8.51. The molecule has 1 aliphatic rings. The molecule has 4 nitrogen and oxygen atoms in total. The first-order valence-corrected chi connectivity index (χ1v) is 11.0. The van der Waals surface area contributed by atoms with E-state index in [-0.39, 0.29) is 5.69 Å². The van der Waals surface area contributed by atoms with Crippen molar-refractivity contribution in [2.75, 3.05) is 6.61 Å². The largest absolute Gasteiger partial charge is 0.461 e. The fraction of sp³-hybridized carbons (Fsp3) is 0.190. The van der Waals surface area contributed by atoms with Gasteiger partial charge in [0, 0.05) is 21.7 Å². The number of hydrogen-bond donors (Lipinski definition) is 0. The zero-order valence-electron chi connectivity index (χ0n) is 15.1. The third-order valence-corrected chi connectivity index (χ3v) is 6.57. The van der Waals surface area contributed by atoms with Crippen LogP contribution in [-0.4, -0.2) is 22.8 Å². The second kappa shape index (κ2) is 8.47. The minimum atomic E-state index is -0.438. The maximum absolute atomic E-state index is 12.4. The van der Waals surface area contributed by atoms with Crippen LogP contribution >= 0.6 is 34.7 Å². The lowest BCUT2D eigenvalue weighted by atomic mass is 10.0. The van der Waals surface area contributed by atoms with Gasteiger partial charge in [-0.3, -0.25) is 0 Å². The summed E-state index contributed by atoms with van der Waals surface area (Å²) in [5.74, 6) is -0.438. The fourth-order valence-corrected chi connectivity index (χ4v) is 4.92. The van der Waals surface area contributed by atoms with Gasteiger partial charge >= 0.3 is 5.97 Å². The summed E-state index contributed by atoms with van der Waals surface area (Å²) in [5.41, 5.74) is 3.48. The number of allylic oxidation sites excluding steroid dienone is 2. The topological polar surface area (TPSA) is 52.1 Å². The average Bonchev–Trinajstić information content (AvgIpc) is 3.15. The Kier molecular flexibility index (Phi) is 5.80. The lowest BCUT2D eigenvalue weighted by Crippen LogP contribution is -2.10. The predicted molar refractivity (Wildman–Crippen MR) is 117 cm³/mol. The van der Waals surface area contributed by atoms with E-state index in [1.165, 1.54) is 16.9 Å². The maximum Gasteiger partial charge on any atom is 0.360 e. The minimum absolute atomic E-state index is 0.276. The number of halogens is 1. The molecule has 0 radical (unpaired) electrons. The zero-order valence-corrected chi connectivity index (χ0v) is 17.5. The van der Waals surface area contributed by atoms with Crippen LogP contribution < -0.4 is 0 Å². The quantitative estimate of drug-likeness (QED) is 0.448. The third kappa shape index (κ3) is 3.99. The summed E-state index contributed by atoms with van der Waals surface area (Å²) in [6, 6.07) is 9.76. The number of nitrogens with zero attached hydrogens (tertiary/aromatic N) is 2. The van der Waals surface area contributed by atoms with E-state index in [1.54, 1.807) is 18.7 Å². The minimum Gasteiger partial charge on any atom is -0.461 e. The highest BCUT2D eigenvalue weighted by molar-refractivity contribution is 8.04. The van der Waals surface area contributed by atoms with Crippen LogP contribution in [0.4, 0.5) is 0 Å². The molecular formula is C21H17ClN2O2S2. The monoisotopic (exact) mass is 428 g/mol. The molecule has 0 saturated carbocycles. The Morgan fingerprint density at radius 3 is 2.79 bits per heavy atom. The highest BCUT2D eigenvalue weighted by Gasteiger charge is 2.20. The second-order valence-electron chi connectivity index (χ2n) is 6.24. The van der Waals surface area contributed by atoms with E-state index in [0.717, 1.165) is 32.6 Å². The number of rotatable bonds is 5. The van der Waals surface area contributed by atoms with E-state index in [0.29, 0.717) is 18.1 Å². The third-order valence-electron chi connectivity index (χ3n) is 4.31. The number of carbonyl (C=O) groups excluding carboxylic acids is 1. The van der Waals surface area contributed by atoms with Crippen molar-refractivity contribution < 1.29 is 9.53 Å². The summed E-state index contributed by atoms with van der Waals surface area (Å²) in [6.07, 6.45) is 3.76. The number of thioether (sulfide) groups is 1. The van der Waals surface area contributed by atoms with E-state index in [4.69, 9.17) is 16.3 Å². The lowest BCUT2D eigenvalue weighted by Gasteiger charge is -2.09. The number of fused-ring (bicyclic) bond motifs is 1. The molecular weight excluding hydrogens is 412 g/mol. The molecule has 0 spiro atoms. The van der Waals surface area contributed by atoms with Crippen LogP contribution in [0.1, 0.15) is 29.5 Å². The lowest BCUT2D eigenvalue weighted by molar-refractivity contribution is 0.0521. The van der Waals surface area contributed by atoms with Crippen LogP contribution in [0.2, 0.25) is 5.02 Å². The Morgan fingerprint density at radius 1 is 1.25 bits per heavy atom. The van der Waals surface area contributed by atoms with Crippen molar-refractivity contribution in [3.05, 3.63) is 69.2 Å². The van der Waals surface area contributed by atoms with E-state index < -0.39 is 5.97 Å². The van der Waals surface area contributed by atoms with Crippen molar-refractivity contribution in [2.24, 2.45) is 0 Å². The van der Waals surface area contributed by atoms with Crippen LogP contribution in [0.25, 0.3) is 20.5 Å².